The number of fused-ring (bicyclic) bond motifs is 1. The van der Waals surface area contributed by atoms with E-state index in [1.54, 1.807) is 0 Å². The van der Waals surface area contributed by atoms with Crippen LogP contribution in [-0.4, -0.2) is 21.0 Å². The minimum absolute atomic E-state index is 0.159. The molecule has 0 aliphatic carbocycles. The Morgan fingerprint density at radius 3 is 2.75 bits per heavy atom. The SMILES string of the molecule is CC(N)Cc1cnc2nc(C(C)C)[nH]c2c1. The molecular weight excluding hydrogens is 200 g/mol. The minimum Gasteiger partial charge on any atom is -0.340 e. The van der Waals surface area contributed by atoms with Crippen LogP contribution < -0.4 is 5.73 Å². The van der Waals surface area contributed by atoms with Crippen molar-refractivity contribution in [1.82, 2.24) is 15.0 Å². The first kappa shape index (κ1) is 11.1. The molecule has 16 heavy (non-hydrogen) atoms. The van der Waals surface area contributed by atoms with Crippen LogP contribution in [0.1, 0.15) is 38.1 Å². The molecule has 1 unspecified atom stereocenters. The van der Waals surface area contributed by atoms with Crippen molar-refractivity contribution in [3.05, 3.63) is 23.7 Å². The molecule has 2 heterocycles. The van der Waals surface area contributed by atoms with Crippen molar-refractivity contribution in [2.75, 3.05) is 0 Å². The first-order chi connectivity index (χ1) is 7.56. The van der Waals surface area contributed by atoms with E-state index in [-0.39, 0.29) is 6.04 Å². The smallest absolute Gasteiger partial charge is 0.177 e. The normalized spacial score (nSPS) is 13.6. The van der Waals surface area contributed by atoms with Crippen molar-refractivity contribution in [1.29, 1.82) is 0 Å². The van der Waals surface area contributed by atoms with E-state index in [0.29, 0.717) is 5.92 Å². The lowest BCUT2D eigenvalue weighted by atomic mass is 10.1. The van der Waals surface area contributed by atoms with Gasteiger partial charge in [-0.05, 0) is 25.0 Å². The van der Waals surface area contributed by atoms with Crippen molar-refractivity contribution < 1.29 is 0 Å². The number of nitrogens with one attached hydrogen (secondary N) is 1. The third kappa shape index (κ3) is 2.22. The monoisotopic (exact) mass is 218 g/mol. The fourth-order valence-corrected chi connectivity index (χ4v) is 1.72. The number of rotatable bonds is 3. The fraction of sp³-hybridized carbons (Fsp3) is 0.500. The molecule has 2 aromatic rings. The molecule has 4 heteroatoms. The highest BCUT2D eigenvalue weighted by atomic mass is 15.0. The number of hydrogen-bond donors (Lipinski definition) is 2. The second-order valence-corrected chi connectivity index (χ2v) is 4.67. The molecular formula is C12H18N4. The first-order valence-electron chi connectivity index (χ1n) is 5.66. The van der Waals surface area contributed by atoms with E-state index in [1.165, 1.54) is 0 Å². The van der Waals surface area contributed by atoms with E-state index in [4.69, 9.17) is 5.73 Å². The molecule has 0 radical (unpaired) electrons. The van der Waals surface area contributed by atoms with Crippen LogP contribution in [0.25, 0.3) is 11.2 Å². The summed E-state index contributed by atoms with van der Waals surface area (Å²) in [6, 6.07) is 2.25. The zero-order valence-electron chi connectivity index (χ0n) is 9.99. The highest BCUT2D eigenvalue weighted by Gasteiger charge is 2.08. The first-order valence-corrected chi connectivity index (χ1v) is 5.66. The van der Waals surface area contributed by atoms with Crippen LogP contribution in [0, 0.1) is 0 Å². The summed E-state index contributed by atoms with van der Waals surface area (Å²) in [5.41, 5.74) is 8.71. The van der Waals surface area contributed by atoms with Gasteiger partial charge in [-0.2, -0.15) is 0 Å². The number of nitrogens with two attached hydrogens (primary N) is 1. The van der Waals surface area contributed by atoms with Crippen molar-refractivity contribution in [2.45, 2.75) is 39.2 Å². The molecule has 0 amide bonds. The van der Waals surface area contributed by atoms with Crippen molar-refractivity contribution in [3.63, 3.8) is 0 Å². The van der Waals surface area contributed by atoms with Crippen molar-refractivity contribution in [3.8, 4) is 0 Å². The Bertz CT molecular complexity index is 485. The zero-order valence-corrected chi connectivity index (χ0v) is 9.99. The van der Waals surface area contributed by atoms with Crippen LogP contribution in [0.5, 0.6) is 0 Å². The van der Waals surface area contributed by atoms with Gasteiger partial charge in [-0.1, -0.05) is 13.8 Å². The average Bonchev–Trinajstić information content (AvgIpc) is 2.59. The molecule has 0 aromatic carbocycles. The molecule has 2 rings (SSSR count). The van der Waals surface area contributed by atoms with E-state index in [0.717, 1.165) is 29.0 Å². The van der Waals surface area contributed by atoms with E-state index in [9.17, 15) is 0 Å². The summed E-state index contributed by atoms with van der Waals surface area (Å²) in [6.45, 7) is 6.22. The van der Waals surface area contributed by atoms with E-state index in [2.05, 4.69) is 34.9 Å². The van der Waals surface area contributed by atoms with E-state index in [1.807, 2.05) is 13.1 Å². The molecule has 2 aromatic heterocycles. The van der Waals surface area contributed by atoms with Crippen LogP contribution in [0.3, 0.4) is 0 Å². The molecule has 0 spiro atoms. The highest BCUT2D eigenvalue weighted by Crippen LogP contribution is 2.16. The van der Waals surface area contributed by atoms with Gasteiger partial charge in [-0.15, -0.1) is 0 Å². The lowest BCUT2D eigenvalue weighted by Gasteiger charge is -2.03. The molecule has 0 aliphatic heterocycles. The van der Waals surface area contributed by atoms with Crippen LogP contribution in [-0.2, 0) is 6.42 Å². The highest BCUT2D eigenvalue weighted by molar-refractivity contribution is 5.71. The number of imidazole rings is 1. The van der Waals surface area contributed by atoms with Gasteiger partial charge in [0, 0.05) is 18.2 Å². The van der Waals surface area contributed by atoms with Gasteiger partial charge in [0.2, 0.25) is 0 Å². The molecule has 4 nitrogen and oxygen atoms in total. The molecule has 0 fully saturated rings. The summed E-state index contributed by atoms with van der Waals surface area (Å²) in [5, 5.41) is 0. The second-order valence-electron chi connectivity index (χ2n) is 4.67. The van der Waals surface area contributed by atoms with Gasteiger partial charge in [-0.3, -0.25) is 0 Å². The molecule has 1 atom stereocenters. The topological polar surface area (TPSA) is 67.6 Å². The summed E-state index contributed by atoms with van der Waals surface area (Å²) in [5.74, 6) is 1.38. The number of aromatic amines is 1. The van der Waals surface area contributed by atoms with E-state index < -0.39 is 0 Å². The molecule has 0 bridgehead atoms. The maximum Gasteiger partial charge on any atom is 0.177 e. The second kappa shape index (κ2) is 4.22. The van der Waals surface area contributed by atoms with Gasteiger partial charge in [0.25, 0.3) is 0 Å². The molecule has 86 valence electrons. The maximum atomic E-state index is 5.77. The number of H-pyrrole nitrogens is 1. The Kier molecular flexibility index (Phi) is 2.92. The predicted molar refractivity (Wildman–Crippen MR) is 65.3 cm³/mol. The van der Waals surface area contributed by atoms with Crippen molar-refractivity contribution >= 4 is 11.2 Å². The minimum atomic E-state index is 0.159. The van der Waals surface area contributed by atoms with Crippen LogP contribution >= 0.6 is 0 Å². The lowest BCUT2D eigenvalue weighted by molar-refractivity contribution is 0.736. The summed E-state index contributed by atoms with van der Waals surface area (Å²) in [7, 11) is 0. The van der Waals surface area contributed by atoms with E-state index >= 15 is 0 Å². The molecule has 3 N–H and O–H groups in total. The Morgan fingerprint density at radius 1 is 1.38 bits per heavy atom. The Hall–Kier alpha value is -1.42. The quantitative estimate of drug-likeness (QED) is 0.827. The standard InChI is InChI=1S/C12H18N4/c1-7(2)11-15-10-5-9(4-8(3)13)6-14-12(10)16-11/h5-8H,4,13H2,1-3H3,(H,14,15,16). The Labute approximate surface area is 95.3 Å². The third-order valence-corrected chi connectivity index (χ3v) is 2.52. The van der Waals surface area contributed by atoms with Gasteiger partial charge in [0.05, 0.1) is 5.52 Å². The summed E-state index contributed by atoms with van der Waals surface area (Å²) < 4.78 is 0. The number of pyridine rings is 1. The number of hydrogen-bond acceptors (Lipinski definition) is 3. The third-order valence-electron chi connectivity index (χ3n) is 2.52. The van der Waals surface area contributed by atoms with Crippen LogP contribution in [0.2, 0.25) is 0 Å². The Morgan fingerprint density at radius 2 is 2.12 bits per heavy atom. The maximum absolute atomic E-state index is 5.77. The number of nitrogens with zero attached hydrogens (tertiary/aromatic N) is 2. The van der Waals surface area contributed by atoms with Gasteiger partial charge >= 0.3 is 0 Å². The van der Waals surface area contributed by atoms with Crippen LogP contribution in [0.15, 0.2) is 12.3 Å². The summed E-state index contributed by atoms with van der Waals surface area (Å²) in [6.07, 6.45) is 2.70. The molecule has 0 aliphatic rings. The van der Waals surface area contributed by atoms with Crippen molar-refractivity contribution in [2.24, 2.45) is 5.73 Å². The average molecular weight is 218 g/mol. The zero-order chi connectivity index (χ0) is 11.7. The summed E-state index contributed by atoms with van der Waals surface area (Å²) >= 11 is 0. The van der Waals surface area contributed by atoms with Gasteiger partial charge in [0.15, 0.2) is 5.65 Å². The summed E-state index contributed by atoms with van der Waals surface area (Å²) in [4.78, 5) is 12.1. The molecule has 0 saturated heterocycles. The predicted octanol–water partition coefficient (Wildman–Crippen LogP) is 1.97. The lowest BCUT2D eigenvalue weighted by Crippen LogP contribution is -2.17. The Balaban J connectivity index is 2.38. The van der Waals surface area contributed by atoms with Gasteiger partial charge in [0.1, 0.15) is 5.82 Å². The van der Waals surface area contributed by atoms with Gasteiger partial charge in [-0.25, -0.2) is 9.97 Å². The van der Waals surface area contributed by atoms with Gasteiger partial charge < -0.3 is 10.7 Å². The molecule has 0 saturated carbocycles. The van der Waals surface area contributed by atoms with Crippen LogP contribution in [0.4, 0.5) is 0 Å². The largest absolute Gasteiger partial charge is 0.340 e. The number of aromatic nitrogens is 3. The fourth-order valence-electron chi connectivity index (χ4n) is 1.72.